The molecule has 0 aliphatic carbocycles. The Morgan fingerprint density at radius 3 is 2.79 bits per heavy atom. The first-order valence-electron chi connectivity index (χ1n) is 6.18. The highest BCUT2D eigenvalue weighted by atomic mass is 15.0. The molecule has 0 bridgehead atoms. The molecule has 0 spiro atoms. The maximum Gasteiger partial charge on any atom is 0.129 e. The van der Waals surface area contributed by atoms with Gasteiger partial charge in [-0.05, 0) is 12.1 Å². The topological polar surface area (TPSA) is 50.7 Å². The van der Waals surface area contributed by atoms with Crippen LogP contribution in [0.15, 0.2) is 48.8 Å². The summed E-state index contributed by atoms with van der Waals surface area (Å²) in [6.07, 6.45) is 2.28. The Labute approximate surface area is 111 Å². The van der Waals surface area contributed by atoms with Gasteiger partial charge in [-0.3, -0.25) is 4.98 Å². The van der Waals surface area contributed by atoms with Crippen molar-refractivity contribution in [1.82, 2.24) is 15.0 Å². The van der Waals surface area contributed by atoms with Gasteiger partial charge < -0.3 is 5.32 Å². The van der Waals surface area contributed by atoms with Crippen LogP contribution in [0.25, 0.3) is 10.9 Å². The zero-order valence-corrected chi connectivity index (χ0v) is 10.7. The molecule has 19 heavy (non-hydrogen) atoms. The average Bonchev–Trinajstić information content (AvgIpc) is 2.47. The van der Waals surface area contributed by atoms with Crippen LogP contribution in [-0.2, 0) is 6.42 Å². The Hall–Kier alpha value is -2.49. The minimum Gasteiger partial charge on any atom is -0.373 e. The van der Waals surface area contributed by atoms with E-state index < -0.39 is 0 Å². The van der Waals surface area contributed by atoms with E-state index in [9.17, 15) is 0 Å². The van der Waals surface area contributed by atoms with Crippen LogP contribution in [-0.4, -0.2) is 22.0 Å². The Kier molecular flexibility index (Phi) is 3.06. The minimum atomic E-state index is 0.710. The van der Waals surface area contributed by atoms with Gasteiger partial charge in [-0.15, -0.1) is 0 Å². The fraction of sp³-hybridized carbons (Fsp3) is 0.133. The van der Waals surface area contributed by atoms with E-state index >= 15 is 0 Å². The fourth-order valence-corrected chi connectivity index (χ4v) is 2.02. The maximum absolute atomic E-state index is 4.65. The highest BCUT2D eigenvalue weighted by Gasteiger charge is 2.02. The van der Waals surface area contributed by atoms with E-state index in [1.165, 1.54) is 0 Å². The summed E-state index contributed by atoms with van der Waals surface area (Å²) in [5.41, 5.74) is 2.99. The Bertz CT molecular complexity index is 709. The molecule has 0 saturated carbocycles. The standard InChI is InChI=1S/C15H14N4/c1-16-15-9-13(17-10-18-15)8-12-7-6-11-4-2-3-5-14(11)19-12/h2-7,9-10H,8H2,1H3,(H,16,17,18). The lowest BCUT2D eigenvalue weighted by molar-refractivity contribution is 0.996. The third-order valence-corrected chi connectivity index (χ3v) is 3.00. The van der Waals surface area contributed by atoms with Crippen LogP contribution in [0, 0.1) is 0 Å². The largest absolute Gasteiger partial charge is 0.373 e. The molecule has 0 atom stereocenters. The monoisotopic (exact) mass is 250 g/mol. The van der Waals surface area contributed by atoms with Crippen molar-refractivity contribution in [2.75, 3.05) is 12.4 Å². The number of rotatable bonds is 3. The smallest absolute Gasteiger partial charge is 0.129 e. The van der Waals surface area contributed by atoms with Gasteiger partial charge in [0.05, 0.1) is 11.2 Å². The summed E-state index contributed by atoms with van der Waals surface area (Å²) >= 11 is 0. The van der Waals surface area contributed by atoms with Gasteiger partial charge in [0.2, 0.25) is 0 Å². The summed E-state index contributed by atoms with van der Waals surface area (Å²) in [6.45, 7) is 0. The number of benzene rings is 1. The first-order valence-corrected chi connectivity index (χ1v) is 6.18. The van der Waals surface area contributed by atoms with Crippen LogP contribution in [0.3, 0.4) is 0 Å². The van der Waals surface area contributed by atoms with Crippen LogP contribution in [0.5, 0.6) is 0 Å². The van der Waals surface area contributed by atoms with Crippen molar-refractivity contribution in [2.24, 2.45) is 0 Å². The molecule has 4 nitrogen and oxygen atoms in total. The highest BCUT2D eigenvalue weighted by molar-refractivity contribution is 5.78. The number of para-hydroxylation sites is 1. The summed E-state index contributed by atoms with van der Waals surface area (Å²) in [4.78, 5) is 13.0. The predicted octanol–water partition coefficient (Wildman–Crippen LogP) is 2.66. The Morgan fingerprint density at radius 1 is 1.00 bits per heavy atom. The Morgan fingerprint density at radius 2 is 1.89 bits per heavy atom. The van der Waals surface area contributed by atoms with Crippen LogP contribution in [0.1, 0.15) is 11.4 Å². The van der Waals surface area contributed by atoms with Crippen LogP contribution < -0.4 is 5.32 Å². The first kappa shape index (κ1) is 11.6. The lowest BCUT2D eigenvalue weighted by Gasteiger charge is -2.04. The van der Waals surface area contributed by atoms with Crippen molar-refractivity contribution >= 4 is 16.7 Å². The SMILES string of the molecule is CNc1cc(Cc2ccc3ccccc3n2)ncn1. The molecule has 1 N–H and O–H groups in total. The van der Waals surface area contributed by atoms with Crippen molar-refractivity contribution in [3.8, 4) is 0 Å². The quantitative estimate of drug-likeness (QED) is 0.776. The van der Waals surface area contributed by atoms with E-state index in [1.807, 2.05) is 37.4 Å². The van der Waals surface area contributed by atoms with Crippen LogP contribution in [0.4, 0.5) is 5.82 Å². The molecule has 0 aliphatic rings. The van der Waals surface area contributed by atoms with E-state index in [1.54, 1.807) is 6.33 Å². The molecular formula is C15H14N4. The third-order valence-electron chi connectivity index (χ3n) is 3.00. The summed E-state index contributed by atoms with van der Waals surface area (Å²) in [5, 5.41) is 4.17. The van der Waals surface area contributed by atoms with Crippen molar-refractivity contribution in [3.05, 3.63) is 60.2 Å². The van der Waals surface area contributed by atoms with E-state index in [4.69, 9.17) is 0 Å². The molecule has 0 fully saturated rings. The summed E-state index contributed by atoms with van der Waals surface area (Å²) < 4.78 is 0. The molecule has 0 amide bonds. The molecule has 0 saturated heterocycles. The summed E-state index contributed by atoms with van der Waals surface area (Å²) in [5.74, 6) is 0.825. The number of hydrogen-bond acceptors (Lipinski definition) is 4. The van der Waals surface area contributed by atoms with Crippen molar-refractivity contribution < 1.29 is 0 Å². The molecule has 3 rings (SSSR count). The van der Waals surface area contributed by atoms with Gasteiger partial charge >= 0.3 is 0 Å². The number of nitrogens with zero attached hydrogens (tertiary/aromatic N) is 3. The van der Waals surface area contributed by atoms with Gasteiger partial charge in [-0.25, -0.2) is 9.97 Å². The van der Waals surface area contributed by atoms with Gasteiger partial charge in [-0.1, -0.05) is 24.3 Å². The van der Waals surface area contributed by atoms with Crippen LogP contribution >= 0.6 is 0 Å². The molecule has 3 aromatic rings. The second kappa shape index (κ2) is 5.02. The molecule has 0 radical (unpaired) electrons. The van der Waals surface area contributed by atoms with Gasteiger partial charge in [0.15, 0.2) is 0 Å². The maximum atomic E-state index is 4.65. The zero-order valence-electron chi connectivity index (χ0n) is 10.7. The fourth-order valence-electron chi connectivity index (χ4n) is 2.02. The summed E-state index contributed by atoms with van der Waals surface area (Å²) in [6, 6.07) is 14.2. The number of hydrogen-bond donors (Lipinski definition) is 1. The lowest BCUT2D eigenvalue weighted by atomic mass is 10.1. The Balaban J connectivity index is 1.92. The second-order valence-electron chi connectivity index (χ2n) is 4.32. The molecule has 2 heterocycles. The number of anilines is 1. The van der Waals surface area contributed by atoms with Gasteiger partial charge in [-0.2, -0.15) is 0 Å². The van der Waals surface area contributed by atoms with E-state index in [0.29, 0.717) is 6.42 Å². The molecular weight excluding hydrogens is 236 g/mol. The number of aromatic nitrogens is 3. The lowest BCUT2D eigenvalue weighted by Crippen LogP contribution is -1.99. The van der Waals surface area contributed by atoms with E-state index in [0.717, 1.165) is 28.1 Å². The van der Waals surface area contributed by atoms with E-state index in [-0.39, 0.29) is 0 Å². The van der Waals surface area contributed by atoms with Gasteiger partial charge in [0.1, 0.15) is 12.1 Å². The predicted molar refractivity (Wildman–Crippen MR) is 76.1 cm³/mol. The molecule has 94 valence electrons. The number of fused-ring (bicyclic) bond motifs is 1. The van der Waals surface area contributed by atoms with E-state index in [2.05, 4.69) is 32.4 Å². The molecule has 4 heteroatoms. The molecule has 1 aromatic carbocycles. The van der Waals surface area contributed by atoms with Crippen molar-refractivity contribution in [3.63, 3.8) is 0 Å². The first-order chi connectivity index (χ1) is 9.35. The minimum absolute atomic E-state index is 0.710. The van der Waals surface area contributed by atoms with Crippen molar-refractivity contribution in [2.45, 2.75) is 6.42 Å². The second-order valence-corrected chi connectivity index (χ2v) is 4.32. The van der Waals surface area contributed by atoms with Gasteiger partial charge in [0.25, 0.3) is 0 Å². The zero-order chi connectivity index (χ0) is 13.1. The molecule has 0 aliphatic heterocycles. The average molecular weight is 250 g/mol. The van der Waals surface area contributed by atoms with Crippen LogP contribution in [0.2, 0.25) is 0 Å². The highest BCUT2D eigenvalue weighted by Crippen LogP contribution is 2.14. The third kappa shape index (κ3) is 2.52. The summed E-state index contributed by atoms with van der Waals surface area (Å²) in [7, 11) is 1.85. The number of pyridine rings is 1. The molecule has 2 aromatic heterocycles. The normalized spacial score (nSPS) is 10.6. The van der Waals surface area contributed by atoms with Crippen molar-refractivity contribution in [1.29, 1.82) is 0 Å². The van der Waals surface area contributed by atoms with Gasteiger partial charge in [0, 0.05) is 30.6 Å². The number of nitrogens with one attached hydrogen (secondary N) is 1. The molecule has 0 unspecified atom stereocenters.